The summed E-state index contributed by atoms with van der Waals surface area (Å²) in [5.74, 6) is 0. The topological polar surface area (TPSA) is 9.23 Å². The van der Waals surface area contributed by atoms with Gasteiger partial charge in [0.2, 0.25) is 0 Å². The van der Waals surface area contributed by atoms with E-state index in [1.165, 1.54) is 96.4 Å². The molecule has 160 valence electrons. The van der Waals surface area contributed by atoms with Crippen LogP contribution in [0, 0.1) is 0 Å². The zero-order valence-corrected chi connectivity index (χ0v) is 21.2. The fraction of sp³-hybridized carbons (Fsp3) is 1.00. The van der Waals surface area contributed by atoms with Crippen molar-refractivity contribution in [1.29, 1.82) is 0 Å². The number of alkyl halides is 1. The summed E-state index contributed by atoms with van der Waals surface area (Å²) in [7, 11) is 4.67. The zero-order chi connectivity index (χ0) is 18.6. The first-order chi connectivity index (χ1) is 12.1. The number of likely N-dealkylation sites (N-methyl/N-ethyl adjacent to an activating group) is 1. The second-order valence-electron chi connectivity index (χ2n) is 8.28. The lowest BCUT2D eigenvalue weighted by Crippen LogP contribution is -3.00. The highest BCUT2D eigenvalue weighted by atomic mass is 79.9. The van der Waals surface area contributed by atoms with Crippen LogP contribution in [0.4, 0.5) is 0 Å². The van der Waals surface area contributed by atoms with E-state index >= 15 is 0 Å². The first-order valence-electron chi connectivity index (χ1n) is 11.1. The van der Waals surface area contributed by atoms with Gasteiger partial charge >= 0.3 is 0 Å². The largest absolute Gasteiger partial charge is 1.00 e. The Labute approximate surface area is 184 Å². The van der Waals surface area contributed by atoms with Crippen LogP contribution in [0.2, 0.25) is 0 Å². The van der Waals surface area contributed by atoms with Gasteiger partial charge in [0.25, 0.3) is 0 Å². The van der Waals surface area contributed by atoms with E-state index in [1.54, 1.807) is 0 Å². The maximum atomic E-state index is 5.58. The van der Waals surface area contributed by atoms with E-state index in [9.17, 15) is 0 Å². The molecule has 0 bridgehead atoms. The van der Waals surface area contributed by atoms with Crippen molar-refractivity contribution in [3.63, 3.8) is 0 Å². The first kappa shape index (κ1) is 29.1. The molecule has 0 aliphatic carbocycles. The molecule has 0 spiro atoms. The average molecular weight is 501 g/mol. The molecule has 0 heterocycles. The summed E-state index contributed by atoms with van der Waals surface area (Å²) in [5.41, 5.74) is 0. The Balaban J connectivity index is 0. The summed E-state index contributed by atoms with van der Waals surface area (Å²) in [4.78, 5) is 0. The predicted molar refractivity (Wildman–Crippen MR) is 117 cm³/mol. The van der Waals surface area contributed by atoms with Gasteiger partial charge in [-0.3, -0.25) is 0 Å². The van der Waals surface area contributed by atoms with Gasteiger partial charge in [0, 0.05) is 5.33 Å². The summed E-state index contributed by atoms with van der Waals surface area (Å²) in [6.07, 6.45) is 20.1. The molecule has 2 nitrogen and oxygen atoms in total. The molecule has 0 N–H and O–H groups in total. The number of halogens is 2. The summed E-state index contributed by atoms with van der Waals surface area (Å²) in [6, 6.07) is 0. The predicted octanol–water partition coefficient (Wildman–Crippen LogP) is 3.96. The Hall–Kier alpha value is 0.880. The smallest absolute Gasteiger partial charge is 0.102 e. The normalized spacial score (nSPS) is 11.5. The lowest BCUT2D eigenvalue weighted by atomic mass is 10.0. The number of unbranched alkanes of at least 4 members (excludes halogenated alkanes) is 13. The second kappa shape index (κ2) is 22.2. The Morgan fingerprint density at radius 1 is 0.615 bits per heavy atom. The van der Waals surface area contributed by atoms with E-state index in [1.807, 2.05) is 0 Å². The van der Waals surface area contributed by atoms with E-state index in [0.29, 0.717) is 0 Å². The highest BCUT2D eigenvalue weighted by molar-refractivity contribution is 9.09. The second-order valence-corrected chi connectivity index (χ2v) is 9.07. The molecule has 0 amide bonds. The molecular weight excluding hydrogens is 454 g/mol. The third-order valence-corrected chi connectivity index (χ3v) is 5.50. The van der Waals surface area contributed by atoms with Crippen molar-refractivity contribution in [3.05, 3.63) is 0 Å². The van der Waals surface area contributed by atoms with Crippen molar-refractivity contribution in [2.75, 3.05) is 45.7 Å². The van der Waals surface area contributed by atoms with Crippen LogP contribution in [0.25, 0.3) is 0 Å². The quantitative estimate of drug-likeness (QED) is 0.140. The van der Waals surface area contributed by atoms with Gasteiger partial charge in [-0.2, -0.15) is 0 Å². The maximum Gasteiger partial charge on any atom is 0.102 e. The van der Waals surface area contributed by atoms with Gasteiger partial charge in [0.1, 0.15) is 6.54 Å². The van der Waals surface area contributed by atoms with Crippen molar-refractivity contribution >= 4 is 15.9 Å². The molecule has 0 aliphatic rings. The van der Waals surface area contributed by atoms with Crippen LogP contribution in [0.15, 0.2) is 0 Å². The molecule has 0 unspecified atom stereocenters. The van der Waals surface area contributed by atoms with Gasteiger partial charge in [-0.05, 0) is 12.8 Å². The van der Waals surface area contributed by atoms with E-state index in [0.717, 1.165) is 29.6 Å². The lowest BCUT2D eigenvalue weighted by molar-refractivity contribution is -0.890. The number of ether oxygens (including phenoxy) is 1. The first-order valence-corrected chi connectivity index (χ1v) is 12.2. The molecule has 0 aromatic carbocycles. The molecular formula is C22H47Br2NO. The summed E-state index contributed by atoms with van der Waals surface area (Å²) >= 11 is 3.40. The minimum absolute atomic E-state index is 0. The molecule has 0 aromatic rings. The monoisotopic (exact) mass is 499 g/mol. The van der Waals surface area contributed by atoms with Gasteiger partial charge in [-0.1, -0.05) is 99.9 Å². The van der Waals surface area contributed by atoms with Crippen molar-refractivity contribution in [1.82, 2.24) is 0 Å². The van der Waals surface area contributed by atoms with Crippen molar-refractivity contribution in [2.45, 2.75) is 96.8 Å². The molecule has 0 aromatic heterocycles. The fourth-order valence-corrected chi connectivity index (χ4v) is 3.54. The van der Waals surface area contributed by atoms with E-state index in [-0.39, 0.29) is 17.0 Å². The molecule has 0 rings (SSSR count). The molecule has 0 radical (unpaired) electrons. The maximum absolute atomic E-state index is 5.58. The molecule has 4 heteroatoms. The van der Waals surface area contributed by atoms with E-state index < -0.39 is 0 Å². The molecule has 26 heavy (non-hydrogen) atoms. The van der Waals surface area contributed by atoms with Crippen LogP contribution in [-0.2, 0) is 4.74 Å². The molecule has 0 fully saturated rings. The highest BCUT2D eigenvalue weighted by Gasteiger charge is 2.13. The average Bonchev–Trinajstić information content (AvgIpc) is 2.59. The standard InChI is InChI=1S/C22H47BrNO.BrH/c1-4-5-6-7-8-9-10-11-12-13-14-15-16-17-19-24(2,3)20-22-25-21-18-23;/h4-22H2,1-3H3;1H/q+1;/p-1. The third-order valence-electron chi connectivity index (χ3n) is 5.18. The Kier molecular flexibility index (Phi) is 24.8. The van der Waals surface area contributed by atoms with Crippen LogP contribution in [0.1, 0.15) is 96.8 Å². The number of quaternary nitrogens is 1. The Morgan fingerprint density at radius 2 is 1.04 bits per heavy atom. The molecule has 0 atom stereocenters. The number of rotatable bonds is 20. The minimum atomic E-state index is 0. The summed E-state index contributed by atoms with van der Waals surface area (Å²) in [6.45, 7) is 6.43. The lowest BCUT2D eigenvalue weighted by Gasteiger charge is -2.29. The van der Waals surface area contributed by atoms with Crippen molar-refractivity contribution in [2.24, 2.45) is 0 Å². The summed E-state index contributed by atoms with van der Waals surface area (Å²) in [5, 5.41) is 0.944. The molecule has 0 saturated carbocycles. The van der Waals surface area contributed by atoms with Crippen LogP contribution in [0.5, 0.6) is 0 Å². The van der Waals surface area contributed by atoms with E-state index in [2.05, 4.69) is 36.9 Å². The van der Waals surface area contributed by atoms with Crippen molar-refractivity contribution in [3.8, 4) is 0 Å². The van der Waals surface area contributed by atoms with Crippen LogP contribution in [0.3, 0.4) is 0 Å². The molecule has 0 aliphatic heterocycles. The van der Waals surface area contributed by atoms with Gasteiger partial charge in [0.05, 0.1) is 33.9 Å². The summed E-state index contributed by atoms with van der Waals surface area (Å²) < 4.78 is 6.68. The van der Waals surface area contributed by atoms with Crippen molar-refractivity contribution < 1.29 is 26.2 Å². The van der Waals surface area contributed by atoms with Gasteiger partial charge in [-0.25, -0.2) is 0 Å². The Morgan fingerprint density at radius 3 is 1.46 bits per heavy atom. The van der Waals surface area contributed by atoms with Gasteiger partial charge in [0.15, 0.2) is 0 Å². The minimum Gasteiger partial charge on any atom is -1.00 e. The Bertz CT molecular complexity index is 263. The fourth-order valence-electron chi connectivity index (χ4n) is 3.31. The van der Waals surface area contributed by atoms with Crippen LogP contribution in [-0.4, -0.2) is 50.2 Å². The van der Waals surface area contributed by atoms with E-state index in [4.69, 9.17) is 4.74 Å². The zero-order valence-electron chi connectivity index (χ0n) is 18.0. The van der Waals surface area contributed by atoms with Crippen LogP contribution < -0.4 is 17.0 Å². The van der Waals surface area contributed by atoms with Gasteiger partial charge < -0.3 is 26.2 Å². The van der Waals surface area contributed by atoms with Crippen LogP contribution >= 0.6 is 15.9 Å². The highest BCUT2D eigenvalue weighted by Crippen LogP contribution is 2.13. The number of hydrogen-bond acceptors (Lipinski definition) is 1. The number of hydrogen-bond donors (Lipinski definition) is 0. The SMILES string of the molecule is CCCCCCCCCCCCCCCC[N+](C)(C)CCOCCBr.[Br-]. The third kappa shape index (κ3) is 22.9. The number of nitrogens with zero attached hydrogens (tertiary/aromatic N) is 1. The molecule has 0 saturated heterocycles. The van der Waals surface area contributed by atoms with Gasteiger partial charge in [-0.15, -0.1) is 0 Å².